The second-order valence-electron chi connectivity index (χ2n) is 6.27. The fourth-order valence-electron chi connectivity index (χ4n) is 3.32. The van der Waals surface area contributed by atoms with Gasteiger partial charge in [0.15, 0.2) is 0 Å². The number of aromatic nitrogens is 1. The highest BCUT2D eigenvalue weighted by Crippen LogP contribution is 2.28. The Hall–Kier alpha value is -1.50. The van der Waals surface area contributed by atoms with Crippen molar-refractivity contribution in [1.82, 2.24) is 15.2 Å². The van der Waals surface area contributed by atoms with E-state index in [4.69, 9.17) is 5.11 Å². The van der Waals surface area contributed by atoms with E-state index in [0.717, 1.165) is 41.3 Å². The first-order valence-electron chi connectivity index (χ1n) is 8.29. The first-order chi connectivity index (χ1) is 11.6. The molecular formula is C18H22BrN3O2. The average Bonchev–Trinajstić information content (AvgIpc) is 2.54. The molecule has 0 aliphatic heterocycles. The first-order valence-corrected chi connectivity index (χ1v) is 9.09. The number of nitrogens with zero attached hydrogens (tertiary/aromatic N) is 2. The predicted octanol–water partition coefficient (Wildman–Crippen LogP) is 3.02. The third-order valence-electron chi connectivity index (χ3n) is 4.76. The Kier molecular flexibility index (Phi) is 5.48. The number of pyridine rings is 1. The van der Waals surface area contributed by atoms with E-state index in [-0.39, 0.29) is 6.54 Å². The zero-order valence-corrected chi connectivity index (χ0v) is 15.3. The minimum absolute atomic E-state index is 0.134. The van der Waals surface area contributed by atoms with Crippen molar-refractivity contribution in [2.75, 3.05) is 13.1 Å². The second kappa shape index (κ2) is 7.59. The summed E-state index contributed by atoms with van der Waals surface area (Å²) in [7, 11) is 0. The Morgan fingerprint density at radius 1 is 1.42 bits per heavy atom. The molecule has 5 nitrogen and oxygen atoms in total. The zero-order chi connectivity index (χ0) is 17.1. The van der Waals surface area contributed by atoms with E-state index in [1.54, 1.807) is 0 Å². The number of carbonyl (C=O) groups is 1. The minimum Gasteiger partial charge on any atom is -0.480 e. The lowest BCUT2D eigenvalue weighted by Gasteiger charge is -2.42. The third-order valence-corrected chi connectivity index (χ3v) is 5.45. The Labute approximate surface area is 150 Å². The van der Waals surface area contributed by atoms with Crippen molar-refractivity contribution < 1.29 is 9.90 Å². The topological polar surface area (TPSA) is 65.5 Å². The second-order valence-corrected chi connectivity index (χ2v) is 7.12. The van der Waals surface area contributed by atoms with Crippen LogP contribution in [0.25, 0.3) is 10.9 Å². The molecule has 1 aliphatic carbocycles. The highest BCUT2D eigenvalue weighted by molar-refractivity contribution is 9.10. The molecule has 0 spiro atoms. The van der Waals surface area contributed by atoms with Crippen LogP contribution >= 0.6 is 15.9 Å². The van der Waals surface area contributed by atoms with Gasteiger partial charge in [-0.2, -0.15) is 0 Å². The summed E-state index contributed by atoms with van der Waals surface area (Å²) in [4.78, 5) is 17.4. The van der Waals surface area contributed by atoms with Gasteiger partial charge in [0.1, 0.15) is 0 Å². The molecule has 1 heterocycles. The van der Waals surface area contributed by atoms with Crippen LogP contribution in [0.2, 0.25) is 0 Å². The van der Waals surface area contributed by atoms with Crippen LogP contribution in [-0.4, -0.2) is 46.1 Å². The molecule has 0 unspecified atom stereocenters. The summed E-state index contributed by atoms with van der Waals surface area (Å²) in [5, 5.41) is 13.7. The first kappa shape index (κ1) is 17.3. The molecule has 1 saturated carbocycles. The molecule has 6 heteroatoms. The van der Waals surface area contributed by atoms with E-state index >= 15 is 0 Å². The van der Waals surface area contributed by atoms with Gasteiger partial charge in [-0.25, -0.2) is 0 Å². The molecule has 1 fully saturated rings. The summed E-state index contributed by atoms with van der Waals surface area (Å²) in [5.74, 6) is -0.749. The van der Waals surface area contributed by atoms with Crippen LogP contribution in [-0.2, 0) is 11.3 Å². The van der Waals surface area contributed by atoms with Gasteiger partial charge in [-0.3, -0.25) is 14.7 Å². The van der Waals surface area contributed by atoms with Crippen LogP contribution in [0.15, 0.2) is 34.9 Å². The van der Waals surface area contributed by atoms with Gasteiger partial charge in [-0.05, 0) is 37.1 Å². The highest BCUT2D eigenvalue weighted by Gasteiger charge is 2.33. The summed E-state index contributed by atoms with van der Waals surface area (Å²) < 4.78 is 1.06. The Morgan fingerprint density at radius 2 is 2.21 bits per heavy atom. The molecule has 0 atom stereocenters. The Bertz CT molecular complexity index is 731. The van der Waals surface area contributed by atoms with Crippen LogP contribution in [0.4, 0.5) is 0 Å². The molecule has 0 saturated heterocycles. The fourth-order valence-corrected chi connectivity index (χ4v) is 3.77. The van der Waals surface area contributed by atoms with Crippen molar-refractivity contribution >= 4 is 32.8 Å². The van der Waals surface area contributed by atoms with E-state index in [2.05, 4.69) is 44.4 Å². The standard InChI is InChI=1S/C18H22BrN3O2/c1-2-22(11-17(23)24)14-8-13(9-14)21-10-12-5-6-16(19)15-4-3-7-20-18(12)15/h3-7,13-14,21H,2,8-11H2,1H3,(H,23,24). The summed E-state index contributed by atoms with van der Waals surface area (Å²) in [6.45, 7) is 3.71. The number of carboxylic acid groups (broad SMARTS) is 1. The lowest BCUT2D eigenvalue weighted by atomic mass is 9.85. The highest BCUT2D eigenvalue weighted by atomic mass is 79.9. The summed E-state index contributed by atoms with van der Waals surface area (Å²) in [5.41, 5.74) is 2.21. The van der Waals surface area contributed by atoms with Gasteiger partial charge in [0, 0.05) is 34.7 Å². The molecular weight excluding hydrogens is 370 g/mol. The van der Waals surface area contributed by atoms with Crippen LogP contribution in [0.3, 0.4) is 0 Å². The molecule has 0 amide bonds. The lowest BCUT2D eigenvalue weighted by molar-refractivity contribution is -0.139. The van der Waals surface area contributed by atoms with Gasteiger partial charge >= 0.3 is 5.97 Å². The van der Waals surface area contributed by atoms with Crippen molar-refractivity contribution in [3.05, 3.63) is 40.5 Å². The number of fused-ring (bicyclic) bond motifs is 1. The Morgan fingerprint density at radius 3 is 2.92 bits per heavy atom. The number of aliphatic carboxylic acids is 1. The quantitative estimate of drug-likeness (QED) is 0.759. The maximum absolute atomic E-state index is 10.9. The maximum atomic E-state index is 10.9. The number of halogens is 1. The largest absolute Gasteiger partial charge is 0.480 e. The zero-order valence-electron chi connectivity index (χ0n) is 13.7. The van der Waals surface area contributed by atoms with E-state index in [9.17, 15) is 4.79 Å². The lowest BCUT2D eigenvalue weighted by Crippen LogP contribution is -2.53. The van der Waals surface area contributed by atoms with Gasteiger partial charge < -0.3 is 10.4 Å². The van der Waals surface area contributed by atoms with Crippen LogP contribution in [0, 0.1) is 0 Å². The summed E-state index contributed by atoms with van der Waals surface area (Å²) in [6.07, 6.45) is 3.83. The van der Waals surface area contributed by atoms with E-state index in [1.165, 1.54) is 5.56 Å². The molecule has 0 radical (unpaired) electrons. The minimum atomic E-state index is -0.749. The van der Waals surface area contributed by atoms with Crippen molar-refractivity contribution in [3.8, 4) is 0 Å². The van der Waals surface area contributed by atoms with Crippen molar-refractivity contribution in [2.24, 2.45) is 0 Å². The molecule has 24 heavy (non-hydrogen) atoms. The van der Waals surface area contributed by atoms with Gasteiger partial charge in [0.25, 0.3) is 0 Å². The van der Waals surface area contributed by atoms with E-state index in [1.807, 2.05) is 24.1 Å². The molecule has 1 aliphatic rings. The third kappa shape index (κ3) is 3.77. The number of hydrogen-bond donors (Lipinski definition) is 2. The average molecular weight is 392 g/mol. The van der Waals surface area contributed by atoms with Gasteiger partial charge in [0.05, 0.1) is 12.1 Å². The SMILES string of the molecule is CCN(CC(=O)O)C1CC(NCc2ccc(Br)c3cccnc23)C1. The van der Waals surface area contributed by atoms with Crippen molar-refractivity contribution in [3.63, 3.8) is 0 Å². The molecule has 1 aromatic heterocycles. The Balaban J connectivity index is 1.57. The fraction of sp³-hybridized carbons (Fsp3) is 0.444. The molecule has 2 aromatic rings. The van der Waals surface area contributed by atoms with Crippen molar-refractivity contribution in [2.45, 2.75) is 38.4 Å². The molecule has 3 rings (SSSR count). The van der Waals surface area contributed by atoms with Gasteiger partial charge in [-0.1, -0.05) is 35.0 Å². The number of benzene rings is 1. The monoisotopic (exact) mass is 391 g/mol. The van der Waals surface area contributed by atoms with Crippen LogP contribution in [0.5, 0.6) is 0 Å². The predicted molar refractivity (Wildman–Crippen MR) is 98.0 cm³/mol. The maximum Gasteiger partial charge on any atom is 0.317 e. The number of hydrogen-bond acceptors (Lipinski definition) is 4. The van der Waals surface area contributed by atoms with Crippen molar-refractivity contribution in [1.29, 1.82) is 0 Å². The van der Waals surface area contributed by atoms with E-state index in [0.29, 0.717) is 12.1 Å². The summed E-state index contributed by atoms with van der Waals surface area (Å²) in [6, 6.07) is 9.01. The normalized spacial score (nSPS) is 20.3. The number of likely N-dealkylation sites (N-methyl/N-ethyl adjacent to an activating group) is 1. The smallest absolute Gasteiger partial charge is 0.317 e. The van der Waals surface area contributed by atoms with Gasteiger partial charge in [-0.15, -0.1) is 0 Å². The number of carboxylic acids is 1. The molecule has 2 N–H and O–H groups in total. The van der Waals surface area contributed by atoms with E-state index < -0.39 is 5.97 Å². The summed E-state index contributed by atoms with van der Waals surface area (Å²) >= 11 is 3.57. The van der Waals surface area contributed by atoms with Gasteiger partial charge in [0.2, 0.25) is 0 Å². The molecule has 0 bridgehead atoms. The van der Waals surface area contributed by atoms with Crippen LogP contribution < -0.4 is 5.32 Å². The van der Waals surface area contributed by atoms with Crippen LogP contribution in [0.1, 0.15) is 25.3 Å². The molecule has 128 valence electrons. The molecule has 1 aromatic carbocycles. The number of nitrogens with one attached hydrogen (secondary N) is 1. The number of rotatable bonds is 7.